The zero-order chi connectivity index (χ0) is 15.4. The first-order valence-electron chi connectivity index (χ1n) is 6.69. The van der Waals surface area contributed by atoms with Crippen molar-refractivity contribution in [2.24, 2.45) is 0 Å². The van der Waals surface area contributed by atoms with Gasteiger partial charge in [-0.3, -0.25) is 4.79 Å². The molecule has 22 heavy (non-hydrogen) atoms. The first-order chi connectivity index (χ1) is 10.7. The Hall–Kier alpha value is -2.47. The van der Waals surface area contributed by atoms with Gasteiger partial charge >= 0.3 is 0 Å². The van der Waals surface area contributed by atoms with Crippen molar-refractivity contribution in [3.8, 4) is 0 Å². The van der Waals surface area contributed by atoms with Gasteiger partial charge in [0.2, 0.25) is 0 Å². The van der Waals surface area contributed by atoms with Crippen molar-refractivity contribution in [3.63, 3.8) is 0 Å². The van der Waals surface area contributed by atoms with E-state index < -0.39 is 0 Å². The highest BCUT2D eigenvalue weighted by molar-refractivity contribution is 9.10. The predicted molar refractivity (Wildman–Crippen MR) is 87.7 cm³/mol. The van der Waals surface area contributed by atoms with Gasteiger partial charge in [-0.25, -0.2) is 9.67 Å². The van der Waals surface area contributed by atoms with Crippen LogP contribution in [0.15, 0.2) is 65.7 Å². The molecule has 0 saturated carbocycles. The van der Waals surface area contributed by atoms with Crippen molar-refractivity contribution >= 4 is 27.5 Å². The summed E-state index contributed by atoms with van der Waals surface area (Å²) in [7, 11) is 0. The second-order valence-corrected chi connectivity index (χ2v) is 5.63. The Labute approximate surface area is 136 Å². The molecular weight excluding hydrogens is 344 g/mol. The summed E-state index contributed by atoms with van der Waals surface area (Å²) >= 11 is 3.37. The van der Waals surface area contributed by atoms with E-state index in [0.29, 0.717) is 12.1 Å². The van der Waals surface area contributed by atoms with Crippen LogP contribution in [0.4, 0.5) is 5.69 Å². The number of anilines is 1. The van der Waals surface area contributed by atoms with E-state index in [4.69, 9.17) is 0 Å². The number of benzene rings is 2. The van der Waals surface area contributed by atoms with Crippen molar-refractivity contribution in [2.45, 2.75) is 6.54 Å². The fourth-order valence-electron chi connectivity index (χ4n) is 2.09. The fourth-order valence-corrected chi connectivity index (χ4v) is 2.49. The average molecular weight is 357 g/mol. The number of hydrogen-bond acceptors (Lipinski definition) is 3. The van der Waals surface area contributed by atoms with Crippen LogP contribution in [0.3, 0.4) is 0 Å². The molecule has 0 atom stereocenters. The lowest BCUT2D eigenvalue weighted by Gasteiger charge is -2.11. The Balaban J connectivity index is 1.81. The molecule has 5 nitrogen and oxygen atoms in total. The quantitative estimate of drug-likeness (QED) is 0.779. The Morgan fingerprint density at radius 1 is 1.18 bits per heavy atom. The van der Waals surface area contributed by atoms with Gasteiger partial charge in [-0.1, -0.05) is 40.2 Å². The number of amides is 1. The molecule has 0 saturated heterocycles. The first kappa shape index (κ1) is 14.5. The molecule has 1 aromatic heterocycles. The number of nitrogens with zero attached hydrogens (tertiary/aromatic N) is 3. The van der Waals surface area contributed by atoms with E-state index in [9.17, 15) is 4.79 Å². The number of nitrogens with one attached hydrogen (secondary N) is 1. The molecule has 0 radical (unpaired) electrons. The van der Waals surface area contributed by atoms with Crippen LogP contribution in [0.2, 0.25) is 0 Å². The van der Waals surface area contributed by atoms with Crippen LogP contribution in [0.1, 0.15) is 15.9 Å². The van der Waals surface area contributed by atoms with Crippen molar-refractivity contribution in [3.05, 3.63) is 76.8 Å². The Kier molecular flexibility index (Phi) is 4.29. The van der Waals surface area contributed by atoms with Crippen molar-refractivity contribution in [2.75, 3.05) is 5.32 Å². The standard InChI is InChI=1S/C16H13BrN4O/c17-14-6-3-5-12(8-14)16(22)20-15-7-2-1-4-13(15)9-21-11-18-10-19-21/h1-8,10-11H,9H2,(H,20,22). The molecule has 6 heteroatoms. The minimum absolute atomic E-state index is 0.146. The van der Waals surface area contributed by atoms with E-state index in [1.54, 1.807) is 23.1 Å². The minimum Gasteiger partial charge on any atom is -0.322 e. The highest BCUT2D eigenvalue weighted by atomic mass is 79.9. The van der Waals surface area contributed by atoms with Gasteiger partial charge in [-0.05, 0) is 29.8 Å². The van der Waals surface area contributed by atoms with E-state index in [0.717, 1.165) is 15.7 Å². The van der Waals surface area contributed by atoms with Gasteiger partial charge in [0.15, 0.2) is 0 Å². The van der Waals surface area contributed by atoms with Crippen molar-refractivity contribution in [1.82, 2.24) is 14.8 Å². The average Bonchev–Trinajstić information content (AvgIpc) is 3.02. The third-order valence-corrected chi connectivity index (χ3v) is 3.64. The second-order valence-electron chi connectivity index (χ2n) is 4.71. The summed E-state index contributed by atoms with van der Waals surface area (Å²) in [5.41, 5.74) is 2.34. The number of halogens is 1. The van der Waals surface area contributed by atoms with E-state index in [2.05, 4.69) is 31.3 Å². The maximum atomic E-state index is 12.4. The zero-order valence-corrected chi connectivity index (χ0v) is 13.2. The number of para-hydroxylation sites is 1. The van der Waals surface area contributed by atoms with Crippen LogP contribution in [0.5, 0.6) is 0 Å². The molecule has 0 spiro atoms. The van der Waals surface area contributed by atoms with Crippen molar-refractivity contribution in [1.29, 1.82) is 0 Å². The molecule has 1 heterocycles. The maximum absolute atomic E-state index is 12.4. The Morgan fingerprint density at radius 2 is 2.05 bits per heavy atom. The third-order valence-electron chi connectivity index (χ3n) is 3.15. The Morgan fingerprint density at radius 3 is 2.82 bits per heavy atom. The van der Waals surface area contributed by atoms with Gasteiger partial charge in [0, 0.05) is 15.7 Å². The molecule has 0 aliphatic rings. The summed E-state index contributed by atoms with van der Waals surface area (Å²) in [5.74, 6) is -0.146. The predicted octanol–water partition coefficient (Wildman–Crippen LogP) is 3.34. The minimum atomic E-state index is -0.146. The van der Waals surface area contributed by atoms with E-state index in [1.165, 1.54) is 6.33 Å². The molecule has 0 fully saturated rings. The highest BCUT2D eigenvalue weighted by Crippen LogP contribution is 2.18. The monoisotopic (exact) mass is 356 g/mol. The van der Waals surface area contributed by atoms with Gasteiger partial charge in [-0.15, -0.1) is 0 Å². The van der Waals surface area contributed by atoms with E-state index in [-0.39, 0.29) is 5.91 Å². The van der Waals surface area contributed by atoms with Gasteiger partial charge < -0.3 is 5.32 Å². The molecule has 1 N–H and O–H groups in total. The van der Waals surface area contributed by atoms with Gasteiger partial charge in [0.25, 0.3) is 5.91 Å². The highest BCUT2D eigenvalue weighted by Gasteiger charge is 2.09. The van der Waals surface area contributed by atoms with Crippen LogP contribution >= 0.6 is 15.9 Å². The second kappa shape index (κ2) is 6.53. The van der Waals surface area contributed by atoms with Crippen LogP contribution in [-0.2, 0) is 6.54 Å². The van der Waals surface area contributed by atoms with Crippen LogP contribution in [0.25, 0.3) is 0 Å². The lowest BCUT2D eigenvalue weighted by molar-refractivity contribution is 0.102. The largest absolute Gasteiger partial charge is 0.322 e. The molecule has 3 rings (SSSR count). The smallest absolute Gasteiger partial charge is 0.255 e. The first-order valence-corrected chi connectivity index (χ1v) is 7.49. The number of aromatic nitrogens is 3. The number of hydrogen-bond donors (Lipinski definition) is 1. The summed E-state index contributed by atoms with van der Waals surface area (Å²) in [4.78, 5) is 16.3. The summed E-state index contributed by atoms with van der Waals surface area (Å²) < 4.78 is 2.58. The van der Waals surface area contributed by atoms with E-state index in [1.807, 2.05) is 36.4 Å². The molecule has 3 aromatic rings. The zero-order valence-electron chi connectivity index (χ0n) is 11.6. The molecule has 0 bridgehead atoms. The lowest BCUT2D eigenvalue weighted by Crippen LogP contribution is -2.14. The molecule has 110 valence electrons. The topological polar surface area (TPSA) is 59.8 Å². The number of carbonyl (C=O) groups excluding carboxylic acids is 1. The SMILES string of the molecule is O=C(Nc1ccccc1Cn1cncn1)c1cccc(Br)c1. The summed E-state index contributed by atoms with van der Waals surface area (Å²) in [6.07, 6.45) is 3.13. The molecule has 0 aliphatic carbocycles. The Bertz CT molecular complexity index is 786. The van der Waals surface area contributed by atoms with Gasteiger partial charge in [0.05, 0.1) is 6.54 Å². The summed E-state index contributed by atoms with van der Waals surface area (Å²) in [5, 5.41) is 7.03. The molecule has 1 amide bonds. The van der Waals surface area contributed by atoms with Crippen molar-refractivity contribution < 1.29 is 4.79 Å². The van der Waals surface area contributed by atoms with Crippen LogP contribution in [-0.4, -0.2) is 20.7 Å². The van der Waals surface area contributed by atoms with Crippen LogP contribution < -0.4 is 5.32 Å². The third kappa shape index (κ3) is 3.40. The fraction of sp³-hybridized carbons (Fsp3) is 0.0625. The number of carbonyl (C=O) groups is 1. The maximum Gasteiger partial charge on any atom is 0.255 e. The number of rotatable bonds is 4. The van der Waals surface area contributed by atoms with Crippen LogP contribution in [0, 0.1) is 0 Å². The van der Waals surface area contributed by atoms with Gasteiger partial charge in [0.1, 0.15) is 12.7 Å². The van der Waals surface area contributed by atoms with E-state index >= 15 is 0 Å². The molecular formula is C16H13BrN4O. The normalized spacial score (nSPS) is 10.4. The molecule has 0 aliphatic heterocycles. The summed E-state index contributed by atoms with van der Waals surface area (Å²) in [6, 6.07) is 14.9. The lowest BCUT2D eigenvalue weighted by atomic mass is 10.1. The van der Waals surface area contributed by atoms with Gasteiger partial charge in [-0.2, -0.15) is 5.10 Å². The molecule has 2 aromatic carbocycles. The molecule has 0 unspecified atom stereocenters. The summed E-state index contributed by atoms with van der Waals surface area (Å²) in [6.45, 7) is 0.551.